The number of thiophene rings is 1. The van der Waals surface area contributed by atoms with Gasteiger partial charge in [0.05, 0.1) is 11.3 Å². The second-order valence-corrected chi connectivity index (χ2v) is 7.82. The fourth-order valence-electron chi connectivity index (χ4n) is 2.74. The van der Waals surface area contributed by atoms with Gasteiger partial charge in [-0.3, -0.25) is 19.0 Å². The van der Waals surface area contributed by atoms with Crippen LogP contribution in [-0.2, 0) is 16.1 Å². The van der Waals surface area contributed by atoms with Crippen LogP contribution < -0.4 is 16.2 Å². The highest BCUT2D eigenvalue weighted by atomic mass is 32.2. The maximum atomic E-state index is 12.9. The number of fused-ring (bicyclic) bond motifs is 1. The Morgan fingerprint density at radius 3 is 2.68 bits per heavy atom. The summed E-state index contributed by atoms with van der Waals surface area (Å²) in [5.74, 6) is -0.555. The summed E-state index contributed by atoms with van der Waals surface area (Å²) in [4.78, 5) is 42.7. The van der Waals surface area contributed by atoms with Crippen molar-refractivity contribution in [3.05, 3.63) is 52.1 Å². The van der Waals surface area contributed by atoms with Crippen molar-refractivity contribution in [1.29, 1.82) is 0 Å². The first kappa shape index (κ1) is 20.1. The number of primary amides is 1. The average molecular weight is 417 g/mol. The summed E-state index contributed by atoms with van der Waals surface area (Å²) in [6, 6.07) is 10.9. The number of hydrogen-bond acceptors (Lipinski definition) is 6. The predicted octanol–water partition coefficient (Wildman–Crippen LogP) is 2.48. The minimum atomic E-state index is -0.467. The van der Waals surface area contributed by atoms with Crippen LogP contribution in [0, 0.1) is 0 Å². The molecule has 2 amide bonds. The van der Waals surface area contributed by atoms with E-state index in [1.165, 1.54) is 28.0 Å². The Kier molecular flexibility index (Phi) is 6.48. The largest absolute Gasteiger partial charge is 0.370 e. The Balaban J connectivity index is 1.81. The summed E-state index contributed by atoms with van der Waals surface area (Å²) in [6.07, 6.45) is 0.0735. The van der Waals surface area contributed by atoms with Crippen LogP contribution in [0.25, 0.3) is 10.2 Å². The maximum Gasteiger partial charge on any atom is 0.272 e. The molecule has 2 aromatic heterocycles. The van der Waals surface area contributed by atoms with Crippen molar-refractivity contribution < 1.29 is 9.59 Å². The number of carbonyl (C=O) groups excluding carboxylic acids is 2. The summed E-state index contributed by atoms with van der Waals surface area (Å²) in [7, 11) is 0. The molecule has 0 aliphatic carbocycles. The molecular formula is C19H20N4O3S2. The van der Waals surface area contributed by atoms with E-state index in [1.807, 2.05) is 30.5 Å². The molecule has 7 nitrogen and oxygen atoms in total. The Morgan fingerprint density at radius 1 is 1.25 bits per heavy atom. The number of rotatable bonds is 8. The van der Waals surface area contributed by atoms with Crippen LogP contribution >= 0.6 is 23.1 Å². The molecule has 0 atom stereocenters. The molecular weight excluding hydrogens is 396 g/mol. The van der Waals surface area contributed by atoms with Crippen LogP contribution in [0.1, 0.15) is 13.3 Å². The van der Waals surface area contributed by atoms with E-state index in [1.54, 1.807) is 22.8 Å². The number of nitrogens with two attached hydrogens (primary N) is 1. The Morgan fingerprint density at radius 2 is 2.00 bits per heavy atom. The number of nitrogens with zero attached hydrogens (tertiary/aromatic N) is 3. The lowest BCUT2D eigenvalue weighted by atomic mass is 10.2. The topological polar surface area (TPSA) is 98.3 Å². The molecule has 0 radical (unpaired) electrons. The van der Waals surface area contributed by atoms with Gasteiger partial charge in [0.25, 0.3) is 5.56 Å². The van der Waals surface area contributed by atoms with Gasteiger partial charge in [-0.25, -0.2) is 4.98 Å². The summed E-state index contributed by atoms with van der Waals surface area (Å²) in [5, 5.41) is 2.34. The van der Waals surface area contributed by atoms with Gasteiger partial charge in [-0.15, -0.1) is 11.3 Å². The van der Waals surface area contributed by atoms with Crippen molar-refractivity contribution in [2.75, 3.05) is 17.2 Å². The number of amides is 2. The number of para-hydroxylation sites is 1. The predicted molar refractivity (Wildman–Crippen MR) is 113 cm³/mol. The van der Waals surface area contributed by atoms with Crippen molar-refractivity contribution in [2.45, 2.75) is 25.0 Å². The maximum absolute atomic E-state index is 12.9. The molecule has 0 aliphatic heterocycles. The number of aromatic nitrogens is 2. The molecule has 0 saturated carbocycles. The number of hydrogen-bond donors (Lipinski definition) is 1. The lowest BCUT2D eigenvalue weighted by Crippen LogP contribution is -2.35. The molecule has 146 valence electrons. The third-order valence-electron chi connectivity index (χ3n) is 4.12. The molecule has 2 N–H and O–H groups in total. The lowest BCUT2D eigenvalue weighted by molar-refractivity contribution is -0.118. The molecule has 3 aromatic rings. The number of thioether (sulfide) groups is 1. The smallest absolute Gasteiger partial charge is 0.272 e. The van der Waals surface area contributed by atoms with Crippen molar-refractivity contribution in [3.8, 4) is 0 Å². The highest BCUT2D eigenvalue weighted by Crippen LogP contribution is 2.22. The van der Waals surface area contributed by atoms with Crippen LogP contribution in [0.5, 0.6) is 0 Å². The zero-order valence-corrected chi connectivity index (χ0v) is 17.0. The lowest BCUT2D eigenvalue weighted by Gasteiger charge is -2.22. The fourth-order valence-corrected chi connectivity index (χ4v) is 4.46. The molecule has 28 heavy (non-hydrogen) atoms. The minimum Gasteiger partial charge on any atom is -0.370 e. The van der Waals surface area contributed by atoms with E-state index in [4.69, 9.17) is 5.73 Å². The second-order valence-electron chi connectivity index (χ2n) is 5.96. The number of carbonyl (C=O) groups is 2. The van der Waals surface area contributed by atoms with Crippen molar-refractivity contribution in [3.63, 3.8) is 0 Å². The van der Waals surface area contributed by atoms with Gasteiger partial charge in [0.1, 0.15) is 4.70 Å². The van der Waals surface area contributed by atoms with E-state index in [2.05, 4.69) is 4.98 Å². The molecule has 0 spiro atoms. The monoisotopic (exact) mass is 416 g/mol. The van der Waals surface area contributed by atoms with Crippen LogP contribution in [0.15, 0.2) is 51.7 Å². The van der Waals surface area contributed by atoms with E-state index < -0.39 is 5.91 Å². The number of benzene rings is 1. The first-order chi connectivity index (χ1) is 13.5. The zero-order chi connectivity index (χ0) is 20.1. The van der Waals surface area contributed by atoms with Crippen LogP contribution in [0.4, 0.5) is 5.69 Å². The highest BCUT2D eigenvalue weighted by molar-refractivity contribution is 7.99. The third-order valence-corrected chi connectivity index (χ3v) is 5.98. The first-order valence-electron chi connectivity index (χ1n) is 8.75. The van der Waals surface area contributed by atoms with Crippen molar-refractivity contribution in [2.24, 2.45) is 5.73 Å². The summed E-state index contributed by atoms with van der Waals surface area (Å²) < 4.78 is 2.19. The molecule has 2 heterocycles. The van der Waals surface area contributed by atoms with Crippen LogP contribution in [0.3, 0.4) is 0 Å². The molecule has 1 aromatic carbocycles. The van der Waals surface area contributed by atoms with Gasteiger partial charge in [0.15, 0.2) is 5.16 Å². The van der Waals surface area contributed by atoms with Crippen molar-refractivity contribution in [1.82, 2.24) is 9.55 Å². The Bertz CT molecular complexity index is 1050. The van der Waals surface area contributed by atoms with Gasteiger partial charge in [-0.1, -0.05) is 30.0 Å². The van der Waals surface area contributed by atoms with E-state index in [0.717, 1.165) is 0 Å². The van der Waals surface area contributed by atoms with Gasteiger partial charge in [-0.05, 0) is 30.5 Å². The SMILES string of the molecule is CCn1c(SCC(=O)N(CCC(N)=O)c2ccccc2)nc2ccsc2c1=O. The molecule has 0 unspecified atom stereocenters. The van der Waals surface area contributed by atoms with Gasteiger partial charge < -0.3 is 10.6 Å². The molecule has 0 saturated heterocycles. The quantitative estimate of drug-likeness (QED) is 0.449. The second kappa shape index (κ2) is 9.03. The van der Waals surface area contributed by atoms with E-state index in [9.17, 15) is 14.4 Å². The molecule has 9 heteroatoms. The normalized spacial score (nSPS) is 10.9. The summed E-state index contributed by atoms with van der Waals surface area (Å²) >= 11 is 2.58. The van der Waals surface area contributed by atoms with Gasteiger partial charge >= 0.3 is 0 Å². The first-order valence-corrected chi connectivity index (χ1v) is 10.6. The molecule has 3 rings (SSSR count). The van der Waals surface area contributed by atoms with Crippen LogP contribution in [-0.4, -0.2) is 33.7 Å². The van der Waals surface area contributed by atoms with Gasteiger partial charge in [-0.2, -0.15) is 0 Å². The van der Waals surface area contributed by atoms with E-state index >= 15 is 0 Å². The van der Waals surface area contributed by atoms with E-state index in [-0.39, 0.29) is 30.2 Å². The molecule has 0 fully saturated rings. The third kappa shape index (κ3) is 4.42. The Hall–Kier alpha value is -2.65. The van der Waals surface area contributed by atoms with E-state index in [0.29, 0.717) is 27.6 Å². The van der Waals surface area contributed by atoms with Crippen molar-refractivity contribution >= 4 is 50.8 Å². The summed E-state index contributed by atoms with van der Waals surface area (Å²) in [5.41, 5.74) is 6.50. The van der Waals surface area contributed by atoms with Crippen LogP contribution in [0.2, 0.25) is 0 Å². The minimum absolute atomic E-state index is 0.0735. The summed E-state index contributed by atoms with van der Waals surface area (Å²) in [6.45, 7) is 2.55. The number of anilines is 1. The average Bonchev–Trinajstić information content (AvgIpc) is 3.16. The fraction of sp³-hybridized carbons (Fsp3) is 0.263. The molecule has 0 bridgehead atoms. The molecule has 0 aliphatic rings. The highest BCUT2D eigenvalue weighted by Gasteiger charge is 2.19. The zero-order valence-electron chi connectivity index (χ0n) is 15.3. The van der Waals surface area contributed by atoms with Gasteiger partial charge in [0, 0.05) is 25.2 Å². The standard InChI is InChI=1S/C19H20N4O3S2/c1-2-22-18(26)17-14(9-11-27-17)21-19(22)28-12-16(25)23(10-8-15(20)24)13-6-4-3-5-7-13/h3-7,9,11H,2,8,10,12H2,1H3,(H2,20,24). The van der Waals surface area contributed by atoms with Gasteiger partial charge in [0.2, 0.25) is 11.8 Å². The Labute approximate surface area is 170 Å².